The van der Waals surface area contributed by atoms with Gasteiger partial charge in [0.1, 0.15) is 10.6 Å². The number of sulfonamides is 1. The summed E-state index contributed by atoms with van der Waals surface area (Å²) in [7, 11) is -2.81. The van der Waals surface area contributed by atoms with Crippen LogP contribution in [0, 0.1) is 19.8 Å². The Hall–Kier alpha value is -2.65. The smallest absolute Gasteiger partial charge is 0.338 e. The third kappa shape index (κ3) is 5.48. The zero-order valence-corrected chi connectivity index (χ0v) is 18.7. The van der Waals surface area contributed by atoms with Crippen LogP contribution in [0.3, 0.4) is 0 Å². The summed E-state index contributed by atoms with van der Waals surface area (Å²) in [5.41, 5.74) is 2.25. The van der Waals surface area contributed by atoms with Crippen molar-refractivity contribution in [1.29, 1.82) is 0 Å². The van der Waals surface area contributed by atoms with E-state index in [1.807, 2.05) is 13.8 Å². The number of Topliss-reactive ketones (excluding diaryl/α,β-unsaturated/α-hetero) is 1. The van der Waals surface area contributed by atoms with Gasteiger partial charge >= 0.3 is 5.97 Å². The van der Waals surface area contributed by atoms with Gasteiger partial charge in [0.05, 0.1) is 12.7 Å². The van der Waals surface area contributed by atoms with Crippen LogP contribution in [0.25, 0.3) is 0 Å². The molecule has 0 aliphatic carbocycles. The lowest BCUT2D eigenvalue weighted by Crippen LogP contribution is -2.17. The fraction of sp³-hybridized carbons (Fsp3) is 0.429. The van der Waals surface area contributed by atoms with E-state index in [1.165, 1.54) is 19.2 Å². The molecule has 0 atom stereocenters. The largest absolute Gasteiger partial charge is 0.495 e. The highest BCUT2D eigenvalue weighted by atomic mass is 32.2. The molecule has 0 fully saturated rings. The number of esters is 1. The predicted molar refractivity (Wildman–Crippen MR) is 112 cm³/mol. The number of benzene rings is 1. The molecule has 164 valence electrons. The van der Waals surface area contributed by atoms with Gasteiger partial charge in [0.15, 0.2) is 6.61 Å². The zero-order chi connectivity index (χ0) is 22.6. The van der Waals surface area contributed by atoms with Gasteiger partial charge in [-0.15, -0.1) is 0 Å². The van der Waals surface area contributed by atoms with E-state index in [1.54, 1.807) is 6.07 Å². The highest BCUT2D eigenvalue weighted by Gasteiger charge is 2.21. The highest BCUT2D eigenvalue weighted by Crippen LogP contribution is 2.24. The summed E-state index contributed by atoms with van der Waals surface area (Å²) in [6.45, 7) is 8.43. The molecule has 0 aliphatic rings. The number of carbonyl (C=O) groups is 2. The van der Waals surface area contributed by atoms with Gasteiger partial charge < -0.3 is 14.0 Å². The van der Waals surface area contributed by atoms with Crippen LogP contribution in [-0.2, 0) is 21.3 Å². The van der Waals surface area contributed by atoms with E-state index in [0.29, 0.717) is 11.5 Å². The fourth-order valence-corrected chi connectivity index (χ4v) is 3.86. The Kier molecular flexibility index (Phi) is 7.44. The molecule has 9 heteroatoms. The van der Waals surface area contributed by atoms with Gasteiger partial charge in [-0.05, 0) is 50.5 Å². The first-order valence-electron chi connectivity index (χ1n) is 9.53. The van der Waals surface area contributed by atoms with Crippen molar-refractivity contribution in [3.63, 3.8) is 0 Å². The standard InChI is InChI=1S/C21H28N2O6S/c1-13(2)8-9-23-14(3)10-17(15(23)4)18(24)12-29-21(25)16-6-7-19(28-5)20(11-16)30(22,26)27/h6-7,10-11,13H,8-9,12H2,1-5H3,(H2,22,26,27). The maximum Gasteiger partial charge on any atom is 0.338 e. The summed E-state index contributed by atoms with van der Waals surface area (Å²) in [6, 6.07) is 5.51. The SMILES string of the molecule is COc1ccc(C(=O)OCC(=O)c2cc(C)n(CCC(C)C)c2C)cc1S(N)(=O)=O. The topological polar surface area (TPSA) is 118 Å². The van der Waals surface area contributed by atoms with Crippen molar-refractivity contribution in [1.82, 2.24) is 4.57 Å². The Bertz CT molecular complexity index is 1050. The van der Waals surface area contributed by atoms with Crippen molar-refractivity contribution in [2.75, 3.05) is 13.7 Å². The monoisotopic (exact) mass is 436 g/mol. The second-order valence-corrected chi connectivity index (χ2v) is 9.06. The molecule has 0 aliphatic heterocycles. The predicted octanol–water partition coefficient (Wildman–Crippen LogP) is 2.85. The van der Waals surface area contributed by atoms with Crippen LogP contribution in [0.5, 0.6) is 5.75 Å². The number of ether oxygens (including phenoxy) is 2. The number of aromatic nitrogens is 1. The molecule has 0 amide bonds. The van der Waals surface area contributed by atoms with Gasteiger partial charge in [-0.1, -0.05) is 13.8 Å². The minimum absolute atomic E-state index is 0.0129. The molecule has 0 bridgehead atoms. The number of nitrogens with two attached hydrogens (primary N) is 1. The van der Waals surface area contributed by atoms with Gasteiger partial charge in [0.25, 0.3) is 0 Å². The number of rotatable bonds is 9. The maximum atomic E-state index is 12.6. The highest BCUT2D eigenvalue weighted by molar-refractivity contribution is 7.89. The Morgan fingerprint density at radius 3 is 2.40 bits per heavy atom. The summed E-state index contributed by atoms with van der Waals surface area (Å²) in [6.07, 6.45) is 0.989. The fourth-order valence-electron chi connectivity index (χ4n) is 3.13. The molecule has 0 saturated heterocycles. The van der Waals surface area contributed by atoms with Crippen molar-refractivity contribution in [3.8, 4) is 5.75 Å². The van der Waals surface area contributed by atoms with Gasteiger partial charge in [0, 0.05) is 23.5 Å². The van der Waals surface area contributed by atoms with Gasteiger partial charge in [0.2, 0.25) is 15.8 Å². The van der Waals surface area contributed by atoms with E-state index in [-0.39, 0.29) is 22.0 Å². The van der Waals surface area contributed by atoms with Gasteiger partial charge in [-0.3, -0.25) is 4.79 Å². The molecule has 0 radical (unpaired) electrons. The van der Waals surface area contributed by atoms with E-state index >= 15 is 0 Å². The summed E-state index contributed by atoms with van der Waals surface area (Å²) in [5, 5.41) is 5.16. The first kappa shape index (κ1) is 23.6. The molecule has 0 unspecified atom stereocenters. The van der Waals surface area contributed by atoms with Crippen LogP contribution in [-0.4, -0.2) is 38.5 Å². The number of nitrogens with zero attached hydrogens (tertiary/aromatic N) is 1. The molecule has 0 saturated carbocycles. The molecule has 2 rings (SSSR count). The lowest BCUT2D eigenvalue weighted by Gasteiger charge is -2.11. The Labute approximate surface area is 177 Å². The van der Waals surface area contributed by atoms with Crippen LogP contribution in [0.1, 0.15) is 52.4 Å². The third-order valence-corrected chi connectivity index (χ3v) is 5.78. The van der Waals surface area contributed by atoms with Crippen LogP contribution in [0.2, 0.25) is 0 Å². The van der Waals surface area contributed by atoms with E-state index in [0.717, 1.165) is 30.4 Å². The average molecular weight is 437 g/mol. The van der Waals surface area contributed by atoms with Crippen LogP contribution in [0.15, 0.2) is 29.2 Å². The van der Waals surface area contributed by atoms with Crippen molar-refractivity contribution in [3.05, 3.63) is 46.8 Å². The summed E-state index contributed by atoms with van der Waals surface area (Å²) in [4.78, 5) is 24.6. The molecule has 30 heavy (non-hydrogen) atoms. The second kappa shape index (κ2) is 9.44. The quantitative estimate of drug-likeness (QED) is 0.477. The molecule has 2 aromatic rings. The number of primary sulfonamides is 1. The van der Waals surface area contributed by atoms with Crippen molar-refractivity contribution >= 4 is 21.8 Å². The maximum absolute atomic E-state index is 12.6. The zero-order valence-electron chi connectivity index (χ0n) is 17.9. The number of ketones is 1. The first-order chi connectivity index (χ1) is 14.0. The average Bonchev–Trinajstić information content (AvgIpc) is 2.96. The number of carbonyl (C=O) groups excluding carboxylic acids is 2. The second-order valence-electron chi connectivity index (χ2n) is 7.53. The van der Waals surface area contributed by atoms with Gasteiger partial charge in [-0.25, -0.2) is 18.4 Å². The molecule has 1 aromatic heterocycles. The lowest BCUT2D eigenvalue weighted by molar-refractivity contribution is 0.0474. The number of methoxy groups -OCH3 is 1. The Morgan fingerprint density at radius 1 is 1.17 bits per heavy atom. The number of hydrogen-bond donors (Lipinski definition) is 1. The Morgan fingerprint density at radius 2 is 1.83 bits per heavy atom. The molecule has 1 aromatic carbocycles. The molecular formula is C21H28N2O6S. The van der Waals surface area contributed by atoms with Crippen LogP contribution in [0.4, 0.5) is 0 Å². The third-order valence-electron chi connectivity index (χ3n) is 4.84. The number of aryl methyl sites for hydroxylation is 1. The molecule has 1 heterocycles. The van der Waals surface area contributed by atoms with Crippen molar-refractivity contribution in [2.45, 2.75) is 45.6 Å². The first-order valence-corrected chi connectivity index (χ1v) is 11.1. The molecular weight excluding hydrogens is 408 g/mol. The summed E-state index contributed by atoms with van der Waals surface area (Å²) in [5.74, 6) is -0.603. The number of hydrogen-bond acceptors (Lipinski definition) is 6. The normalized spacial score (nSPS) is 11.6. The summed E-state index contributed by atoms with van der Waals surface area (Å²) >= 11 is 0. The van der Waals surface area contributed by atoms with Crippen LogP contribution < -0.4 is 9.88 Å². The van der Waals surface area contributed by atoms with E-state index in [2.05, 4.69) is 18.4 Å². The minimum Gasteiger partial charge on any atom is -0.495 e. The van der Waals surface area contributed by atoms with Gasteiger partial charge in [-0.2, -0.15) is 0 Å². The minimum atomic E-state index is -4.10. The van der Waals surface area contributed by atoms with E-state index < -0.39 is 22.6 Å². The van der Waals surface area contributed by atoms with E-state index in [4.69, 9.17) is 14.6 Å². The molecule has 0 spiro atoms. The lowest BCUT2D eigenvalue weighted by atomic mass is 10.1. The van der Waals surface area contributed by atoms with Crippen LogP contribution >= 0.6 is 0 Å². The van der Waals surface area contributed by atoms with E-state index in [9.17, 15) is 18.0 Å². The van der Waals surface area contributed by atoms with Crippen molar-refractivity contribution < 1.29 is 27.5 Å². The molecule has 2 N–H and O–H groups in total. The molecule has 8 nitrogen and oxygen atoms in total. The summed E-state index contributed by atoms with van der Waals surface area (Å²) < 4.78 is 35.5. The Balaban J connectivity index is 2.14. The van der Waals surface area contributed by atoms with Crippen molar-refractivity contribution in [2.24, 2.45) is 11.1 Å².